The molecule has 0 fully saturated rings. The highest BCUT2D eigenvalue weighted by Gasteiger charge is 2.09. The second-order valence-electron chi connectivity index (χ2n) is 3.25. The van der Waals surface area contributed by atoms with E-state index in [0.29, 0.717) is 24.3 Å². The first-order valence-electron chi connectivity index (χ1n) is 4.67. The van der Waals surface area contributed by atoms with Gasteiger partial charge in [-0.1, -0.05) is 23.4 Å². The normalized spacial score (nSPS) is 10.5. The zero-order valence-electron chi connectivity index (χ0n) is 8.11. The smallest absolute Gasteiger partial charge is 0.145 e. The van der Waals surface area contributed by atoms with E-state index in [9.17, 15) is 4.39 Å². The van der Waals surface area contributed by atoms with Crippen LogP contribution in [0.4, 0.5) is 4.39 Å². The van der Waals surface area contributed by atoms with Gasteiger partial charge in [0.2, 0.25) is 0 Å². The van der Waals surface area contributed by atoms with Crippen molar-refractivity contribution in [3.8, 4) is 0 Å². The van der Waals surface area contributed by atoms with Crippen LogP contribution in [0.5, 0.6) is 0 Å². The Bertz CT molecular complexity index is 453. The van der Waals surface area contributed by atoms with Crippen LogP contribution in [-0.2, 0) is 13.0 Å². The Morgan fingerprint density at radius 3 is 2.80 bits per heavy atom. The molecule has 0 aliphatic rings. The summed E-state index contributed by atoms with van der Waals surface area (Å²) in [5, 5.41) is 3.64. The summed E-state index contributed by atoms with van der Waals surface area (Å²) in [7, 11) is 0. The van der Waals surface area contributed by atoms with Crippen LogP contribution in [0, 0.1) is 5.82 Å². The highest BCUT2D eigenvalue weighted by molar-refractivity contribution is 5.25. The maximum atomic E-state index is 13.3. The summed E-state index contributed by atoms with van der Waals surface area (Å²) in [6, 6.07) is 6.59. The monoisotopic (exact) mass is 206 g/mol. The molecule has 0 radical (unpaired) electrons. The van der Waals surface area contributed by atoms with Crippen LogP contribution < -0.4 is 5.73 Å². The summed E-state index contributed by atoms with van der Waals surface area (Å²) in [5.41, 5.74) is 6.90. The Morgan fingerprint density at radius 1 is 1.27 bits per heavy atom. The fourth-order valence-corrected chi connectivity index (χ4v) is 1.41. The van der Waals surface area contributed by atoms with Gasteiger partial charge in [0.1, 0.15) is 11.6 Å². The first-order valence-corrected chi connectivity index (χ1v) is 4.67. The Hall–Kier alpha value is -1.68. The minimum Gasteiger partial charge on any atom is -0.361 e. The molecule has 4 heteroatoms. The topological polar surface area (TPSA) is 52.0 Å². The third-order valence-electron chi connectivity index (χ3n) is 2.26. The quantitative estimate of drug-likeness (QED) is 0.833. The molecule has 0 saturated heterocycles. The first kappa shape index (κ1) is 9.86. The number of halogens is 1. The number of hydrogen-bond donors (Lipinski definition) is 1. The molecule has 2 aromatic rings. The lowest BCUT2D eigenvalue weighted by atomic mass is 10.1. The molecule has 2 rings (SSSR count). The van der Waals surface area contributed by atoms with Crippen molar-refractivity contribution in [1.29, 1.82) is 0 Å². The van der Waals surface area contributed by atoms with E-state index in [1.165, 1.54) is 6.07 Å². The largest absolute Gasteiger partial charge is 0.361 e. The van der Waals surface area contributed by atoms with Crippen LogP contribution in [0.3, 0.4) is 0 Å². The zero-order valence-corrected chi connectivity index (χ0v) is 8.11. The second-order valence-corrected chi connectivity index (χ2v) is 3.25. The minimum atomic E-state index is -0.239. The maximum Gasteiger partial charge on any atom is 0.145 e. The summed E-state index contributed by atoms with van der Waals surface area (Å²) >= 11 is 0. The fourth-order valence-electron chi connectivity index (χ4n) is 1.41. The van der Waals surface area contributed by atoms with Crippen molar-refractivity contribution in [3.63, 3.8) is 0 Å². The van der Waals surface area contributed by atoms with E-state index in [1.54, 1.807) is 24.4 Å². The third kappa shape index (κ3) is 2.05. The summed E-state index contributed by atoms with van der Waals surface area (Å²) < 4.78 is 18.3. The van der Waals surface area contributed by atoms with Crippen molar-refractivity contribution in [2.75, 3.05) is 0 Å². The predicted octanol–water partition coefficient (Wildman–Crippen LogP) is 1.86. The van der Waals surface area contributed by atoms with Gasteiger partial charge in [0.25, 0.3) is 0 Å². The fraction of sp³-hybridized carbons (Fsp3) is 0.182. The van der Waals surface area contributed by atoms with Crippen LogP contribution in [0.15, 0.2) is 35.0 Å². The maximum absolute atomic E-state index is 13.3. The Labute approximate surface area is 86.7 Å². The zero-order chi connectivity index (χ0) is 10.7. The van der Waals surface area contributed by atoms with Crippen LogP contribution in [0.25, 0.3) is 0 Å². The first-order chi connectivity index (χ1) is 7.31. The van der Waals surface area contributed by atoms with Crippen LogP contribution in [0.1, 0.15) is 16.9 Å². The molecular formula is C11H11FN2O. The molecule has 78 valence electrons. The van der Waals surface area contributed by atoms with Gasteiger partial charge in [-0.15, -0.1) is 0 Å². The van der Waals surface area contributed by atoms with E-state index < -0.39 is 0 Å². The molecule has 0 unspecified atom stereocenters. The van der Waals surface area contributed by atoms with Crippen molar-refractivity contribution >= 4 is 0 Å². The third-order valence-corrected chi connectivity index (χ3v) is 2.26. The summed E-state index contributed by atoms with van der Waals surface area (Å²) in [6.45, 7) is 0.354. The lowest BCUT2D eigenvalue weighted by Crippen LogP contribution is -2.00. The van der Waals surface area contributed by atoms with Crippen LogP contribution in [0.2, 0.25) is 0 Å². The van der Waals surface area contributed by atoms with Gasteiger partial charge < -0.3 is 10.3 Å². The van der Waals surface area contributed by atoms with Gasteiger partial charge in [0.05, 0.1) is 6.20 Å². The number of nitrogens with zero attached hydrogens (tertiary/aromatic N) is 1. The Morgan fingerprint density at radius 2 is 2.07 bits per heavy atom. The van der Waals surface area contributed by atoms with Crippen molar-refractivity contribution in [3.05, 3.63) is 53.2 Å². The SMILES string of the molecule is NCc1cnoc1Cc1ccccc1F. The summed E-state index contributed by atoms with van der Waals surface area (Å²) in [6.07, 6.45) is 1.95. The molecule has 0 aliphatic heterocycles. The average molecular weight is 206 g/mol. The summed E-state index contributed by atoms with van der Waals surface area (Å²) in [5.74, 6) is 0.388. The lowest BCUT2D eigenvalue weighted by molar-refractivity contribution is 0.386. The molecule has 15 heavy (non-hydrogen) atoms. The van der Waals surface area contributed by atoms with Crippen LogP contribution >= 0.6 is 0 Å². The van der Waals surface area contributed by atoms with E-state index in [4.69, 9.17) is 10.3 Å². The van der Waals surface area contributed by atoms with Gasteiger partial charge in [-0.25, -0.2) is 4.39 Å². The molecule has 1 aromatic heterocycles. The van der Waals surface area contributed by atoms with Gasteiger partial charge >= 0.3 is 0 Å². The molecule has 0 amide bonds. The summed E-state index contributed by atoms with van der Waals surface area (Å²) in [4.78, 5) is 0. The van der Waals surface area contributed by atoms with Gasteiger partial charge in [-0.05, 0) is 11.6 Å². The number of hydrogen-bond acceptors (Lipinski definition) is 3. The van der Waals surface area contributed by atoms with Crippen molar-refractivity contribution in [2.24, 2.45) is 5.73 Å². The van der Waals surface area contributed by atoms with Gasteiger partial charge in [-0.3, -0.25) is 0 Å². The average Bonchev–Trinajstić information content (AvgIpc) is 2.69. The van der Waals surface area contributed by atoms with Crippen molar-refractivity contribution in [1.82, 2.24) is 5.16 Å². The van der Waals surface area contributed by atoms with Crippen molar-refractivity contribution < 1.29 is 8.91 Å². The molecule has 1 aromatic carbocycles. The van der Waals surface area contributed by atoms with Gasteiger partial charge in [0.15, 0.2) is 0 Å². The highest BCUT2D eigenvalue weighted by Crippen LogP contribution is 2.15. The van der Waals surface area contributed by atoms with E-state index in [2.05, 4.69) is 5.16 Å². The molecule has 0 atom stereocenters. The number of rotatable bonds is 3. The van der Waals surface area contributed by atoms with E-state index in [0.717, 1.165) is 5.56 Å². The van der Waals surface area contributed by atoms with E-state index in [1.807, 2.05) is 0 Å². The molecule has 0 saturated carbocycles. The van der Waals surface area contributed by atoms with Crippen LogP contribution in [-0.4, -0.2) is 5.16 Å². The molecule has 1 heterocycles. The number of aromatic nitrogens is 1. The molecule has 2 N–H and O–H groups in total. The molecule has 0 spiro atoms. The second kappa shape index (κ2) is 4.23. The molecule has 0 aliphatic carbocycles. The Kier molecular flexibility index (Phi) is 2.78. The standard InChI is InChI=1S/C11H11FN2O/c12-10-4-2-1-3-8(10)5-11-9(6-13)7-14-15-11/h1-4,7H,5-6,13H2. The number of nitrogens with two attached hydrogens (primary N) is 1. The van der Waals surface area contributed by atoms with Gasteiger partial charge in [-0.2, -0.15) is 0 Å². The number of benzene rings is 1. The van der Waals surface area contributed by atoms with Crippen molar-refractivity contribution in [2.45, 2.75) is 13.0 Å². The Balaban J connectivity index is 2.26. The van der Waals surface area contributed by atoms with Gasteiger partial charge in [0, 0.05) is 18.5 Å². The molecular weight excluding hydrogens is 195 g/mol. The van der Waals surface area contributed by atoms with E-state index >= 15 is 0 Å². The lowest BCUT2D eigenvalue weighted by Gasteiger charge is -2.00. The highest BCUT2D eigenvalue weighted by atomic mass is 19.1. The van der Waals surface area contributed by atoms with E-state index in [-0.39, 0.29) is 5.82 Å². The molecule has 3 nitrogen and oxygen atoms in total. The predicted molar refractivity (Wildman–Crippen MR) is 53.6 cm³/mol. The minimum absolute atomic E-state index is 0.239. The molecule has 0 bridgehead atoms.